The van der Waals surface area contributed by atoms with E-state index in [-0.39, 0.29) is 18.3 Å². The van der Waals surface area contributed by atoms with Crippen LogP contribution in [0.2, 0.25) is 0 Å². The predicted octanol–water partition coefficient (Wildman–Crippen LogP) is 3.44. The van der Waals surface area contributed by atoms with E-state index < -0.39 is 0 Å². The molecule has 27 heavy (non-hydrogen) atoms. The first kappa shape index (κ1) is 19.1. The van der Waals surface area contributed by atoms with E-state index in [0.717, 1.165) is 26.2 Å². The Bertz CT molecular complexity index is 788. The number of para-hydroxylation sites is 2. The molecule has 1 N–H and O–H groups in total. The summed E-state index contributed by atoms with van der Waals surface area (Å²) < 4.78 is 5.52. The summed E-state index contributed by atoms with van der Waals surface area (Å²) >= 11 is 0. The minimum absolute atomic E-state index is 0.0994. The molecule has 1 aliphatic heterocycles. The van der Waals surface area contributed by atoms with Gasteiger partial charge in [-0.05, 0) is 44.0 Å². The van der Waals surface area contributed by atoms with Gasteiger partial charge in [-0.2, -0.15) is 0 Å². The normalized spacial score (nSPS) is 14.3. The summed E-state index contributed by atoms with van der Waals surface area (Å²) in [6.07, 6.45) is 0.316. The summed E-state index contributed by atoms with van der Waals surface area (Å²) in [5.41, 5.74) is 5.18. The number of phenolic OH excluding ortho intramolecular Hbond substituents is 1. The summed E-state index contributed by atoms with van der Waals surface area (Å²) in [4.78, 5) is 16.7. The lowest BCUT2D eigenvalue weighted by Crippen LogP contribution is -2.49. The lowest BCUT2D eigenvalue weighted by molar-refractivity contribution is -0.132. The molecule has 5 heteroatoms. The van der Waals surface area contributed by atoms with Crippen molar-refractivity contribution < 1.29 is 14.6 Å². The van der Waals surface area contributed by atoms with Crippen LogP contribution >= 0.6 is 0 Å². The first-order valence-electron chi connectivity index (χ1n) is 9.47. The average molecular weight is 368 g/mol. The monoisotopic (exact) mass is 368 g/mol. The fourth-order valence-electron chi connectivity index (χ4n) is 3.84. The maximum atomic E-state index is 12.5. The lowest BCUT2D eigenvalue weighted by Gasteiger charge is -2.37. The maximum absolute atomic E-state index is 12.5. The van der Waals surface area contributed by atoms with Crippen LogP contribution < -0.4 is 9.64 Å². The number of carbonyl (C=O) groups excluding carboxylic acids is 1. The number of phenols is 1. The van der Waals surface area contributed by atoms with E-state index in [1.807, 2.05) is 4.90 Å². The third-order valence-electron chi connectivity index (χ3n) is 5.02. The maximum Gasteiger partial charge on any atom is 0.226 e. The molecule has 5 nitrogen and oxygen atoms in total. The zero-order valence-electron chi connectivity index (χ0n) is 16.4. The number of amides is 1. The summed E-state index contributed by atoms with van der Waals surface area (Å²) in [6, 6.07) is 11.2. The van der Waals surface area contributed by atoms with Crippen molar-refractivity contribution in [2.24, 2.45) is 0 Å². The molecule has 3 rings (SSSR count). The van der Waals surface area contributed by atoms with E-state index >= 15 is 0 Å². The van der Waals surface area contributed by atoms with E-state index in [2.05, 4.69) is 37.8 Å². The van der Waals surface area contributed by atoms with Crippen LogP contribution in [0.1, 0.15) is 23.1 Å². The first-order chi connectivity index (χ1) is 13.0. The summed E-state index contributed by atoms with van der Waals surface area (Å²) in [5.74, 6) is 0.616. The second-order valence-electron chi connectivity index (χ2n) is 7.18. The van der Waals surface area contributed by atoms with Crippen LogP contribution in [0.15, 0.2) is 36.4 Å². The lowest BCUT2D eigenvalue weighted by atomic mass is 10.0. The van der Waals surface area contributed by atoms with E-state index in [4.69, 9.17) is 4.74 Å². The van der Waals surface area contributed by atoms with Gasteiger partial charge in [0.15, 0.2) is 11.5 Å². The number of aryl methyl sites for hydroxylation is 3. The second-order valence-corrected chi connectivity index (χ2v) is 7.18. The molecular weight excluding hydrogens is 340 g/mol. The van der Waals surface area contributed by atoms with Crippen LogP contribution in [-0.4, -0.2) is 48.7 Å². The molecule has 2 aromatic rings. The van der Waals surface area contributed by atoms with Crippen molar-refractivity contribution >= 4 is 11.6 Å². The third kappa shape index (κ3) is 4.54. The Morgan fingerprint density at radius 2 is 1.67 bits per heavy atom. The molecule has 0 atom stereocenters. The number of benzene rings is 2. The van der Waals surface area contributed by atoms with Crippen LogP contribution in [0, 0.1) is 20.8 Å². The molecule has 0 saturated carbocycles. The number of anilines is 1. The fourth-order valence-corrected chi connectivity index (χ4v) is 3.84. The molecule has 2 aromatic carbocycles. The van der Waals surface area contributed by atoms with Crippen molar-refractivity contribution in [3.63, 3.8) is 0 Å². The van der Waals surface area contributed by atoms with Crippen molar-refractivity contribution in [1.29, 1.82) is 0 Å². The average Bonchev–Trinajstić information content (AvgIpc) is 2.63. The molecule has 1 aliphatic rings. The molecule has 0 aromatic heterocycles. The topological polar surface area (TPSA) is 53.0 Å². The summed E-state index contributed by atoms with van der Waals surface area (Å²) in [6.45, 7) is 9.84. The van der Waals surface area contributed by atoms with Gasteiger partial charge < -0.3 is 19.6 Å². The highest BCUT2D eigenvalue weighted by atomic mass is 16.5. The van der Waals surface area contributed by atoms with Gasteiger partial charge in [0.05, 0.1) is 13.0 Å². The molecule has 0 spiro atoms. The molecule has 1 amide bonds. The predicted molar refractivity (Wildman–Crippen MR) is 108 cm³/mol. The Morgan fingerprint density at radius 3 is 2.30 bits per heavy atom. The molecule has 0 aliphatic carbocycles. The summed E-state index contributed by atoms with van der Waals surface area (Å²) in [5, 5.41) is 9.70. The molecule has 0 radical (unpaired) electrons. The Kier molecular flexibility index (Phi) is 5.89. The number of nitrogens with zero attached hydrogens (tertiary/aromatic N) is 2. The molecular formula is C22H28N2O3. The molecule has 1 heterocycles. The Hall–Kier alpha value is -2.69. The number of hydrogen-bond acceptors (Lipinski definition) is 4. The van der Waals surface area contributed by atoms with Gasteiger partial charge in [0.1, 0.15) is 0 Å². The van der Waals surface area contributed by atoms with Gasteiger partial charge in [0.25, 0.3) is 0 Å². The van der Waals surface area contributed by atoms with E-state index in [1.54, 1.807) is 24.3 Å². The van der Waals surface area contributed by atoms with Crippen molar-refractivity contribution in [3.05, 3.63) is 53.1 Å². The van der Waals surface area contributed by atoms with E-state index in [1.165, 1.54) is 22.4 Å². The number of hydrogen-bond donors (Lipinski definition) is 1. The number of rotatable bonds is 5. The quantitative estimate of drug-likeness (QED) is 0.878. The van der Waals surface area contributed by atoms with Crippen LogP contribution in [-0.2, 0) is 4.79 Å². The third-order valence-corrected chi connectivity index (χ3v) is 5.02. The minimum atomic E-state index is 0.0994. The van der Waals surface area contributed by atoms with Crippen LogP contribution in [0.3, 0.4) is 0 Å². The van der Waals surface area contributed by atoms with Gasteiger partial charge >= 0.3 is 0 Å². The number of ether oxygens (including phenoxy) is 1. The van der Waals surface area contributed by atoms with E-state index in [9.17, 15) is 9.90 Å². The Morgan fingerprint density at radius 1 is 1.04 bits per heavy atom. The Balaban J connectivity index is 1.50. The van der Waals surface area contributed by atoms with Gasteiger partial charge in [-0.15, -0.1) is 0 Å². The van der Waals surface area contributed by atoms with Crippen LogP contribution in [0.4, 0.5) is 5.69 Å². The highest BCUT2D eigenvalue weighted by Gasteiger charge is 2.23. The van der Waals surface area contributed by atoms with Crippen molar-refractivity contribution in [2.75, 3.05) is 37.7 Å². The minimum Gasteiger partial charge on any atom is -0.504 e. The highest BCUT2D eigenvalue weighted by molar-refractivity contribution is 5.76. The van der Waals surface area contributed by atoms with Crippen molar-refractivity contribution in [3.8, 4) is 11.5 Å². The molecule has 0 unspecified atom stereocenters. The molecule has 1 saturated heterocycles. The van der Waals surface area contributed by atoms with Crippen molar-refractivity contribution in [1.82, 2.24) is 4.90 Å². The summed E-state index contributed by atoms with van der Waals surface area (Å²) in [7, 11) is 0. The van der Waals surface area contributed by atoms with E-state index in [0.29, 0.717) is 12.2 Å². The molecule has 0 bridgehead atoms. The Labute approximate surface area is 161 Å². The van der Waals surface area contributed by atoms with Gasteiger partial charge in [-0.25, -0.2) is 0 Å². The first-order valence-corrected chi connectivity index (χ1v) is 9.47. The largest absolute Gasteiger partial charge is 0.504 e. The SMILES string of the molecule is Cc1cc(C)c(N2CCN(C(=O)CCOc3ccccc3O)CC2)c(C)c1. The van der Waals surface area contributed by atoms with Gasteiger partial charge in [0.2, 0.25) is 5.91 Å². The standard InChI is InChI=1S/C22H28N2O3/c1-16-14-17(2)22(18(3)15-16)24-11-9-23(10-12-24)21(26)8-13-27-20-7-5-4-6-19(20)25/h4-7,14-15,25H,8-13H2,1-3H3. The molecule has 144 valence electrons. The fraction of sp³-hybridized carbons (Fsp3) is 0.409. The van der Waals surface area contributed by atoms with Crippen LogP contribution in [0.5, 0.6) is 11.5 Å². The van der Waals surface area contributed by atoms with Crippen molar-refractivity contribution in [2.45, 2.75) is 27.2 Å². The van der Waals surface area contributed by atoms with Gasteiger partial charge in [-0.1, -0.05) is 29.8 Å². The number of piperazine rings is 1. The smallest absolute Gasteiger partial charge is 0.226 e. The van der Waals surface area contributed by atoms with Gasteiger partial charge in [0, 0.05) is 31.9 Å². The van der Waals surface area contributed by atoms with Gasteiger partial charge in [-0.3, -0.25) is 4.79 Å². The highest BCUT2D eigenvalue weighted by Crippen LogP contribution is 2.27. The zero-order chi connectivity index (χ0) is 19.4. The molecule has 1 fully saturated rings. The zero-order valence-corrected chi connectivity index (χ0v) is 16.4. The number of aromatic hydroxyl groups is 1. The number of carbonyl (C=O) groups is 1. The van der Waals surface area contributed by atoms with Crippen LogP contribution in [0.25, 0.3) is 0 Å². The second kappa shape index (κ2) is 8.33.